The average molecular weight is 186 g/mol. The van der Waals surface area contributed by atoms with Crippen LogP contribution in [0.1, 0.15) is 18.9 Å². The van der Waals surface area contributed by atoms with Gasteiger partial charge in [-0.2, -0.15) is 0 Å². The van der Waals surface area contributed by atoms with Gasteiger partial charge in [0.15, 0.2) is 0 Å². The lowest BCUT2D eigenvalue weighted by Crippen LogP contribution is -2.01. The number of halogens is 2. The van der Waals surface area contributed by atoms with E-state index in [1.165, 1.54) is 12.1 Å². The van der Waals surface area contributed by atoms with E-state index >= 15 is 0 Å². The minimum atomic E-state index is -0.569. The van der Waals surface area contributed by atoms with Gasteiger partial charge in [-0.15, -0.1) is 0 Å². The molecule has 1 nitrogen and oxygen atoms in total. The quantitative estimate of drug-likeness (QED) is 0.767. The third-order valence-corrected chi connectivity index (χ3v) is 1.77. The summed E-state index contributed by atoms with van der Waals surface area (Å²) in [5.74, 6) is -1.14. The third-order valence-electron chi connectivity index (χ3n) is 1.77. The summed E-state index contributed by atoms with van der Waals surface area (Å²) >= 11 is 0. The normalized spacial score (nSPS) is 12.9. The zero-order chi connectivity index (χ0) is 9.84. The van der Waals surface area contributed by atoms with E-state index < -0.39 is 17.7 Å². The van der Waals surface area contributed by atoms with Crippen molar-refractivity contribution in [3.05, 3.63) is 35.4 Å². The molecule has 1 atom stereocenters. The molecule has 0 amide bonds. The Morgan fingerprint density at radius 3 is 2.23 bits per heavy atom. The highest BCUT2D eigenvalue weighted by molar-refractivity contribution is 5.17. The summed E-state index contributed by atoms with van der Waals surface area (Å²) in [5, 5.41) is 8.96. The molecule has 0 bridgehead atoms. The maximum absolute atomic E-state index is 12.6. The SMILES string of the molecule is CC(O)CCc1cc(F)cc(F)c1. The largest absolute Gasteiger partial charge is 0.393 e. The van der Waals surface area contributed by atoms with Crippen LogP contribution in [0.25, 0.3) is 0 Å². The highest BCUT2D eigenvalue weighted by atomic mass is 19.1. The van der Waals surface area contributed by atoms with Crippen LogP contribution in [0.2, 0.25) is 0 Å². The predicted molar refractivity (Wildman–Crippen MR) is 46.4 cm³/mol. The maximum Gasteiger partial charge on any atom is 0.126 e. The Balaban J connectivity index is 2.66. The molecule has 0 saturated carbocycles. The Morgan fingerprint density at radius 1 is 1.23 bits per heavy atom. The lowest BCUT2D eigenvalue weighted by molar-refractivity contribution is 0.185. The van der Waals surface area contributed by atoms with Crippen LogP contribution < -0.4 is 0 Å². The van der Waals surface area contributed by atoms with Gasteiger partial charge in [0.1, 0.15) is 11.6 Å². The van der Waals surface area contributed by atoms with Gasteiger partial charge >= 0.3 is 0 Å². The fourth-order valence-corrected chi connectivity index (χ4v) is 1.13. The Labute approximate surface area is 76.0 Å². The summed E-state index contributed by atoms with van der Waals surface area (Å²) < 4.78 is 25.3. The Hall–Kier alpha value is -0.960. The van der Waals surface area contributed by atoms with E-state index in [4.69, 9.17) is 5.11 Å². The number of hydrogen-bond acceptors (Lipinski definition) is 1. The Kier molecular flexibility index (Phi) is 3.37. The van der Waals surface area contributed by atoms with Crippen LogP contribution in [0.3, 0.4) is 0 Å². The molecular formula is C10H12F2O. The molecule has 13 heavy (non-hydrogen) atoms. The van der Waals surface area contributed by atoms with Crippen molar-refractivity contribution in [2.75, 3.05) is 0 Å². The third kappa shape index (κ3) is 3.51. The van der Waals surface area contributed by atoms with Gasteiger partial charge < -0.3 is 5.11 Å². The minimum Gasteiger partial charge on any atom is -0.393 e. The van der Waals surface area contributed by atoms with Crippen molar-refractivity contribution in [2.45, 2.75) is 25.9 Å². The summed E-state index contributed by atoms with van der Waals surface area (Å²) in [6, 6.07) is 3.41. The number of aliphatic hydroxyl groups excluding tert-OH is 1. The molecular weight excluding hydrogens is 174 g/mol. The van der Waals surface area contributed by atoms with Crippen LogP contribution >= 0.6 is 0 Å². The van der Waals surface area contributed by atoms with Crippen molar-refractivity contribution in [3.8, 4) is 0 Å². The van der Waals surface area contributed by atoms with E-state index in [0.29, 0.717) is 18.4 Å². The van der Waals surface area contributed by atoms with Gasteiger partial charge in [-0.05, 0) is 37.5 Å². The second-order valence-corrected chi connectivity index (χ2v) is 3.17. The van der Waals surface area contributed by atoms with Crippen molar-refractivity contribution in [1.82, 2.24) is 0 Å². The number of aryl methyl sites for hydroxylation is 1. The summed E-state index contributed by atoms with van der Waals surface area (Å²) in [7, 11) is 0. The summed E-state index contributed by atoms with van der Waals surface area (Å²) in [6.07, 6.45) is 0.571. The van der Waals surface area contributed by atoms with Crippen molar-refractivity contribution < 1.29 is 13.9 Å². The van der Waals surface area contributed by atoms with Gasteiger partial charge in [-0.1, -0.05) is 0 Å². The zero-order valence-corrected chi connectivity index (χ0v) is 7.43. The van der Waals surface area contributed by atoms with Crippen molar-refractivity contribution in [3.63, 3.8) is 0 Å². The molecule has 1 rings (SSSR count). The highest BCUT2D eigenvalue weighted by Crippen LogP contribution is 2.10. The van der Waals surface area contributed by atoms with Crippen LogP contribution in [-0.4, -0.2) is 11.2 Å². The van der Waals surface area contributed by atoms with E-state index in [2.05, 4.69) is 0 Å². The van der Waals surface area contributed by atoms with Crippen LogP contribution in [0.5, 0.6) is 0 Å². The van der Waals surface area contributed by atoms with E-state index in [0.717, 1.165) is 6.07 Å². The van der Waals surface area contributed by atoms with E-state index in [-0.39, 0.29) is 0 Å². The first-order chi connectivity index (χ1) is 6.08. The molecule has 0 fully saturated rings. The summed E-state index contributed by atoms with van der Waals surface area (Å²) in [6.45, 7) is 1.65. The van der Waals surface area contributed by atoms with Crippen molar-refractivity contribution in [1.29, 1.82) is 0 Å². The smallest absolute Gasteiger partial charge is 0.126 e. The second-order valence-electron chi connectivity index (χ2n) is 3.17. The number of rotatable bonds is 3. The molecule has 72 valence electrons. The molecule has 0 spiro atoms. The lowest BCUT2D eigenvalue weighted by atomic mass is 10.1. The van der Waals surface area contributed by atoms with Gasteiger partial charge in [-0.25, -0.2) is 8.78 Å². The van der Waals surface area contributed by atoms with Gasteiger partial charge in [0.05, 0.1) is 6.10 Å². The monoisotopic (exact) mass is 186 g/mol. The number of aliphatic hydroxyl groups is 1. The van der Waals surface area contributed by atoms with E-state index in [1.54, 1.807) is 6.92 Å². The van der Waals surface area contributed by atoms with Crippen LogP contribution in [0.15, 0.2) is 18.2 Å². The van der Waals surface area contributed by atoms with Crippen LogP contribution in [0, 0.1) is 11.6 Å². The molecule has 1 aromatic rings. The fourth-order valence-electron chi connectivity index (χ4n) is 1.13. The summed E-state index contributed by atoms with van der Waals surface area (Å²) in [4.78, 5) is 0. The average Bonchev–Trinajstić information content (AvgIpc) is 1.99. The van der Waals surface area contributed by atoms with E-state index in [1.807, 2.05) is 0 Å². The lowest BCUT2D eigenvalue weighted by Gasteiger charge is -2.04. The first-order valence-corrected chi connectivity index (χ1v) is 4.21. The molecule has 0 aliphatic heterocycles. The molecule has 0 aliphatic rings. The topological polar surface area (TPSA) is 20.2 Å². The Bertz CT molecular complexity index is 264. The molecule has 0 saturated heterocycles. The molecule has 0 radical (unpaired) electrons. The number of hydrogen-bond donors (Lipinski definition) is 1. The predicted octanol–water partition coefficient (Wildman–Crippen LogP) is 2.28. The van der Waals surface area contributed by atoms with E-state index in [9.17, 15) is 8.78 Å². The fraction of sp³-hybridized carbons (Fsp3) is 0.400. The summed E-state index contributed by atoms with van der Waals surface area (Å²) in [5.41, 5.74) is 0.582. The Morgan fingerprint density at radius 2 is 1.77 bits per heavy atom. The first kappa shape index (κ1) is 10.1. The van der Waals surface area contributed by atoms with Gasteiger partial charge in [0.25, 0.3) is 0 Å². The standard InChI is InChI=1S/C10H12F2O/c1-7(13)2-3-8-4-9(11)6-10(12)5-8/h4-7,13H,2-3H2,1H3. The van der Waals surface area contributed by atoms with Crippen molar-refractivity contribution >= 4 is 0 Å². The molecule has 1 aromatic carbocycles. The second kappa shape index (κ2) is 4.33. The molecule has 1 N–H and O–H groups in total. The minimum absolute atomic E-state index is 0.439. The zero-order valence-electron chi connectivity index (χ0n) is 7.43. The number of benzene rings is 1. The molecule has 0 aliphatic carbocycles. The van der Waals surface area contributed by atoms with Gasteiger partial charge in [0.2, 0.25) is 0 Å². The highest BCUT2D eigenvalue weighted by Gasteiger charge is 2.02. The molecule has 3 heteroatoms. The maximum atomic E-state index is 12.6. The van der Waals surface area contributed by atoms with Crippen molar-refractivity contribution in [2.24, 2.45) is 0 Å². The van der Waals surface area contributed by atoms with Crippen LogP contribution in [0.4, 0.5) is 8.78 Å². The van der Waals surface area contributed by atoms with Gasteiger partial charge in [0, 0.05) is 6.07 Å². The first-order valence-electron chi connectivity index (χ1n) is 4.21. The van der Waals surface area contributed by atoms with Crippen LogP contribution in [-0.2, 0) is 6.42 Å². The molecule has 0 heterocycles. The van der Waals surface area contributed by atoms with Gasteiger partial charge in [-0.3, -0.25) is 0 Å². The molecule has 0 aromatic heterocycles. The molecule has 1 unspecified atom stereocenters.